The lowest BCUT2D eigenvalue weighted by atomic mass is 9.90. The van der Waals surface area contributed by atoms with Crippen LogP contribution in [0.4, 0.5) is 13.2 Å². The Morgan fingerprint density at radius 1 is 1.23 bits per heavy atom. The number of hydrogen-bond acceptors (Lipinski definition) is 3. The minimum atomic E-state index is -4.52. The van der Waals surface area contributed by atoms with Crippen molar-refractivity contribution in [2.45, 2.75) is 31.7 Å². The molecule has 1 atom stereocenters. The molecule has 1 N–H and O–H groups in total. The van der Waals surface area contributed by atoms with Gasteiger partial charge in [-0.15, -0.1) is 0 Å². The number of aliphatic hydroxyl groups is 1. The summed E-state index contributed by atoms with van der Waals surface area (Å²) in [6, 6.07) is 7.71. The van der Waals surface area contributed by atoms with Crippen molar-refractivity contribution >= 4 is 11.0 Å². The van der Waals surface area contributed by atoms with Gasteiger partial charge in [0.1, 0.15) is 5.58 Å². The Balaban J connectivity index is 1.60. The first-order valence-corrected chi connectivity index (χ1v) is 7.37. The molecule has 120 valence electrons. The second-order valence-corrected chi connectivity index (χ2v) is 5.86. The highest BCUT2D eigenvalue weighted by atomic mass is 19.4. The summed E-state index contributed by atoms with van der Waals surface area (Å²) in [5.41, 5.74) is 1.87. The van der Waals surface area contributed by atoms with Crippen molar-refractivity contribution in [3.05, 3.63) is 36.1 Å². The van der Waals surface area contributed by atoms with Crippen molar-refractivity contribution in [1.29, 1.82) is 0 Å². The lowest BCUT2D eigenvalue weighted by Crippen LogP contribution is -2.43. The minimum absolute atomic E-state index is 0.358. The fourth-order valence-electron chi connectivity index (χ4n) is 3.09. The molecule has 0 spiro atoms. The van der Waals surface area contributed by atoms with Crippen LogP contribution >= 0.6 is 0 Å². The molecule has 6 heteroatoms. The highest BCUT2D eigenvalue weighted by Gasteiger charge is 2.44. The smallest absolute Gasteiger partial charge is 0.414 e. The van der Waals surface area contributed by atoms with E-state index in [1.54, 1.807) is 6.26 Å². The summed E-state index contributed by atoms with van der Waals surface area (Å²) in [4.78, 5) is 2.11. The zero-order valence-corrected chi connectivity index (χ0v) is 12.0. The van der Waals surface area contributed by atoms with Gasteiger partial charge in [-0.05, 0) is 37.9 Å². The predicted octanol–water partition coefficient (Wildman–Crippen LogP) is 3.57. The van der Waals surface area contributed by atoms with Crippen LogP contribution in [0.5, 0.6) is 0 Å². The molecule has 1 aromatic heterocycles. The average molecular weight is 313 g/mol. The molecule has 1 fully saturated rings. The van der Waals surface area contributed by atoms with Gasteiger partial charge in [0, 0.05) is 17.5 Å². The Kier molecular flexibility index (Phi) is 4.14. The van der Waals surface area contributed by atoms with Crippen LogP contribution in [-0.2, 0) is 6.54 Å². The zero-order valence-electron chi connectivity index (χ0n) is 12.0. The van der Waals surface area contributed by atoms with Crippen LogP contribution in [0, 0.1) is 5.92 Å². The molecule has 1 saturated heterocycles. The minimum Gasteiger partial charge on any atom is -0.464 e. The number of likely N-dealkylation sites (tertiary alicyclic amines) is 1. The first kappa shape index (κ1) is 15.4. The van der Waals surface area contributed by atoms with Crippen LogP contribution in [0.25, 0.3) is 11.0 Å². The third-order valence-electron chi connectivity index (χ3n) is 4.37. The summed E-state index contributed by atoms with van der Waals surface area (Å²) in [7, 11) is 0. The third kappa shape index (κ3) is 3.13. The molecule has 1 unspecified atom stereocenters. The van der Waals surface area contributed by atoms with Gasteiger partial charge in [0.05, 0.1) is 6.26 Å². The number of piperidine rings is 1. The van der Waals surface area contributed by atoms with Crippen LogP contribution < -0.4 is 0 Å². The van der Waals surface area contributed by atoms with E-state index in [-0.39, 0.29) is 0 Å². The van der Waals surface area contributed by atoms with E-state index in [4.69, 9.17) is 4.42 Å². The molecular formula is C16H18F3NO2. The summed E-state index contributed by atoms with van der Waals surface area (Å²) in [6.45, 7) is 1.76. The van der Waals surface area contributed by atoms with Crippen molar-refractivity contribution < 1.29 is 22.7 Å². The summed E-state index contributed by atoms with van der Waals surface area (Å²) in [5.74, 6) is -0.697. The van der Waals surface area contributed by atoms with Crippen LogP contribution in [0.1, 0.15) is 18.4 Å². The van der Waals surface area contributed by atoms with Gasteiger partial charge in [-0.1, -0.05) is 18.2 Å². The molecule has 1 aliphatic heterocycles. The standard InChI is InChI=1S/C16H18F3NO2/c17-16(18,19)15(21)11-5-7-20(8-6-11)9-12-10-22-14-4-2-1-3-13(12)14/h1-4,10-11,15,21H,5-9H2. The number of hydrogen-bond donors (Lipinski definition) is 1. The molecule has 0 amide bonds. The highest BCUT2D eigenvalue weighted by molar-refractivity contribution is 5.80. The van der Waals surface area contributed by atoms with E-state index in [2.05, 4.69) is 4.90 Å². The maximum Gasteiger partial charge on any atom is 0.414 e. The number of nitrogens with zero attached hydrogens (tertiary/aromatic N) is 1. The van der Waals surface area contributed by atoms with E-state index >= 15 is 0 Å². The molecule has 22 heavy (non-hydrogen) atoms. The Morgan fingerprint density at radius 3 is 2.59 bits per heavy atom. The number of benzene rings is 1. The van der Waals surface area contributed by atoms with Gasteiger partial charge in [0.25, 0.3) is 0 Å². The van der Waals surface area contributed by atoms with E-state index in [0.717, 1.165) is 16.5 Å². The lowest BCUT2D eigenvalue weighted by Gasteiger charge is -2.34. The first-order chi connectivity index (χ1) is 10.4. The number of rotatable bonds is 3. The summed E-state index contributed by atoms with van der Waals surface area (Å²) in [5, 5.41) is 10.4. The topological polar surface area (TPSA) is 36.6 Å². The summed E-state index contributed by atoms with van der Waals surface area (Å²) in [6.07, 6.45) is -4.30. The molecule has 3 rings (SSSR count). The van der Waals surface area contributed by atoms with E-state index in [0.29, 0.717) is 32.5 Å². The molecule has 0 bridgehead atoms. The van der Waals surface area contributed by atoms with Crippen LogP contribution in [-0.4, -0.2) is 35.4 Å². The predicted molar refractivity (Wildman–Crippen MR) is 76.3 cm³/mol. The Bertz CT molecular complexity index is 630. The maximum absolute atomic E-state index is 12.5. The largest absolute Gasteiger partial charge is 0.464 e. The van der Waals surface area contributed by atoms with E-state index in [9.17, 15) is 18.3 Å². The highest BCUT2D eigenvalue weighted by Crippen LogP contribution is 2.32. The van der Waals surface area contributed by atoms with Gasteiger partial charge in [-0.3, -0.25) is 4.90 Å². The molecule has 0 aliphatic carbocycles. The van der Waals surface area contributed by atoms with Crippen molar-refractivity contribution in [1.82, 2.24) is 4.90 Å². The van der Waals surface area contributed by atoms with E-state index < -0.39 is 18.2 Å². The Morgan fingerprint density at radius 2 is 1.91 bits per heavy atom. The lowest BCUT2D eigenvalue weighted by molar-refractivity contribution is -0.223. The van der Waals surface area contributed by atoms with E-state index in [1.807, 2.05) is 24.3 Å². The van der Waals surface area contributed by atoms with Crippen LogP contribution in [0.15, 0.2) is 34.9 Å². The second-order valence-electron chi connectivity index (χ2n) is 5.86. The third-order valence-corrected chi connectivity index (χ3v) is 4.37. The van der Waals surface area contributed by atoms with Crippen LogP contribution in [0.3, 0.4) is 0 Å². The average Bonchev–Trinajstić information content (AvgIpc) is 2.90. The fourth-order valence-corrected chi connectivity index (χ4v) is 3.09. The maximum atomic E-state index is 12.5. The number of para-hydroxylation sites is 1. The van der Waals surface area contributed by atoms with Crippen molar-refractivity contribution in [3.8, 4) is 0 Å². The Hall–Kier alpha value is -1.53. The van der Waals surface area contributed by atoms with Gasteiger partial charge >= 0.3 is 6.18 Å². The molecule has 1 aliphatic rings. The normalized spacial score (nSPS) is 19.6. The molecule has 3 nitrogen and oxygen atoms in total. The number of furan rings is 1. The molecule has 0 radical (unpaired) electrons. The van der Waals surface area contributed by atoms with Gasteiger partial charge in [0.2, 0.25) is 0 Å². The van der Waals surface area contributed by atoms with Gasteiger partial charge < -0.3 is 9.52 Å². The van der Waals surface area contributed by atoms with Crippen LogP contribution in [0.2, 0.25) is 0 Å². The van der Waals surface area contributed by atoms with Gasteiger partial charge in [0.15, 0.2) is 6.10 Å². The van der Waals surface area contributed by atoms with Gasteiger partial charge in [-0.25, -0.2) is 0 Å². The van der Waals surface area contributed by atoms with Crippen molar-refractivity contribution in [2.24, 2.45) is 5.92 Å². The number of fused-ring (bicyclic) bond motifs is 1. The van der Waals surface area contributed by atoms with Crippen molar-refractivity contribution in [3.63, 3.8) is 0 Å². The van der Waals surface area contributed by atoms with Gasteiger partial charge in [-0.2, -0.15) is 13.2 Å². The number of aliphatic hydroxyl groups excluding tert-OH is 1. The monoisotopic (exact) mass is 313 g/mol. The molecule has 2 aromatic rings. The first-order valence-electron chi connectivity index (χ1n) is 7.37. The quantitative estimate of drug-likeness (QED) is 0.941. The Labute approximate surface area is 126 Å². The molecule has 2 heterocycles. The molecule has 0 saturated carbocycles. The number of halogens is 3. The fraction of sp³-hybridized carbons (Fsp3) is 0.500. The van der Waals surface area contributed by atoms with E-state index in [1.165, 1.54) is 0 Å². The zero-order chi connectivity index (χ0) is 15.7. The van der Waals surface area contributed by atoms with Crippen molar-refractivity contribution in [2.75, 3.05) is 13.1 Å². The SMILES string of the molecule is OC(C1CCN(Cc2coc3ccccc23)CC1)C(F)(F)F. The molecule has 1 aromatic carbocycles. The number of alkyl halides is 3. The molecular weight excluding hydrogens is 295 g/mol. The summed E-state index contributed by atoms with van der Waals surface area (Å²) < 4.78 is 43.1. The summed E-state index contributed by atoms with van der Waals surface area (Å²) >= 11 is 0. The second kappa shape index (κ2) is 5.93.